The highest BCUT2D eigenvalue weighted by Gasteiger charge is 2.22. The molecule has 0 saturated heterocycles. The number of rotatable bonds is 5. The zero-order valence-corrected chi connectivity index (χ0v) is 13.1. The van der Waals surface area contributed by atoms with Gasteiger partial charge in [-0.3, -0.25) is 4.79 Å². The van der Waals surface area contributed by atoms with E-state index in [1.165, 1.54) is 14.2 Å². The first-order valence-corrected chi connectivity index (χ1v) is 6.72. The highest BCUT2D eigenvalue weighted by atomic mass is 127. The van der Waals surface area contributed by atoms with E-state index in [0.717, 1.165) is 9.13 Å². The number of carbonyl (C=O) groups excluding carboxylic acids is 1. The van der Waals surface area contributed by atoms with Crippen molar-refractivity contribution in [2.45, 2.75) is 4.83 Å². The topological polar surface area (TPSA) is 44.8 Å². The van der Waals surface area contributed by atoms with E-state index in [1.807, 2.05) is 12.1 Å². The smallest absolute Gasteiger partial charge is 0.324 e. The lowest BCUT2D eigenvalue weighted by atomic mass is 10.1. The maximum Gasteiger partial charge on any atom is 0.324 e. The van der Waals surface area contributed by atoms with E-state index in [0.29, 0.717) is 5.75 Å². The fourth-order valence-electron chi connectivity index (χ4n) is 1.20. The van der Waals surface area contributed by atoms with Gasteiger partial charge in [0.05, 0.1) is 7.11 Å². The quantitative estimate of drug-likeness (QED) is 0.321. The number of hydrogen-bond donors (Lipinski definition) is 0. The van der Waals surface area contributed by atoms with Gasteiger partial charge in [-0.15, -0.1) is 0 Å². The van der Waals surface area contributed by atoms with Gasteiger partial charge >= 0.3 is 5.97 Å². The fourth-order valence-corrected chi connectivity index (χ4v) is 2.26. The van der Waals surface area contributed by atoms with Crippen LogP contribution in [0.25, 0.3) is 0 Å². The molecule has 1 rings (SSSR count). The van der Waals surface area contributed by atoms with E-state index >= 15 is 0 Å². The summed E-state index contributed by atoms with van der Waals surface area (Å²) in [4.78, 5) is 10.9. The second-order valence-electron chi connectivity index (χ2n) is 3.12. The minimum atomic E-state index is -0.547. The van der Waals surface area contributed by atoms with Crippen molar-refractivity contribution in [1.82, 2.24) is 0 Å². The Balaban J connectivity index is 3.01. The van der Waals surface area contributed by atoms with Crippen molar-refractivity contribution in [3.8, 4) is 5.75 Å². The van der Waals surface area contributed by atoms with Crippen molar-refractivity contribution in [3.63, 3.8) is 0 Å². The first-order valence-electron chi connectivity index (χ1n) is 4.73. The number of ether oxygens (including phenoxy) is 3. The lowest BCUT2D eigenvalue weighted by molar-refractivity contribution is -0.139. The molecular weight excluding hydrogens is 403 g/mol. The summed E-state index contributed by atoms with van der Waals surface area (Å²) in [5.74, 6) is 0.230. The molecule has 0 aliphatic carbocycles. The number of carbonyl (C=O) groups is 1. The third kappa shape index (κ3) is 4.11. The molecular formula is C11H12BrIO4. The zero-order chi connectivity index (χ0) is 12.8. The second kappa shape index (κ2) is 7.17. The highest BCUT2D eigenvalue weighted by Crippen LogP contribution is 2.33. The van der Waals surface area contributed by atoms with Crippen molar-refractivity contribution in [2.24, 2.45) is 0 Å². The molecule has 0 amide bonds. The van der Waals surface area contributed by atoms with E-state index in [2.05, 4.69) is 38.5 Å². The average Bonchev–Trinajstić information content (AvgIpc) is 2.35. The molecule has 0 spiro atoms. The molecule has 17 heavy (non-hydrogen) atoms. The molecule has 6 heteroatoms. The molecule has 94 valence electrons. The van der Waals surface area contributed by atoms with E-state index in [9.17, 15) is 4.79 Å². The van der Waals surface area contributed by atoms with Gasteiger partial charge in [0.25, 0.3) is 0 Å². The molecule has 0 radical (unpaired) electrons. The number of benzene rings is 1. The third-order valence-electron chi connectivity index (χ3n) is 1.99. The lowest BCUT2D eigenvalue weighted by Crippen LogP contribution is -2.11. The van der Waals surface area contributed by atoms with Gasteiger partial charge in [-0.2, -0.15) is 0 Å². The summed E-state index contributed by atoms with van der Waals surface area (Å²) in [6.07, 6.45) is 0. The Labute approximate surface area is 122 Å². The van der Waals surface area contributed by atoms with Crippen LogP contribution in [0.15, 0.2) is 18.2 Å². The summed E-state index contributed by atoms with van der Waals surface area (Å²) in [7, 11) is 2.89. The second-order valence-corrected chi connectivity index (χ2v) is 5.28. The van der Waals surface area contributed by atoms with Crippen LogP contribution in [-0.2, 0) is 14.3 Å². The van der Waals surface area contributed by atoms with Crippen molar-refractivity contribution in [1.29, 1.82) is 0 Å². The summed E-state index contributed by atoms with van der Waals surface area (Å²) >= 11 is 5.46. The molecule has 0 fully saturated rings. The van der Waals surface area contributed by atoms with Crippen LogP contribution >= 0.6 is 38.5 Å². The number of hydrogen-bond acceptors (Lipinski definition) is 4. The minimum Gasteiger partial charge on any atom is -0.468 e. The van der Waals surface area contributed by atoms with Gasteiger partial charge in [-0.05, 0) is 40.8 Å². The van der Waals surface area contributed by atoms with E-state index < -0.39 is 4.83 Å². The largest absolute Gasteiger partial charge is 0.468 e. The van der Waals surface area contributed by atoms with Crippen LogP contribution in [0, 0.1) is 3.57 Å². The van der Waals surface area contributed by atoms with Gasteiger partial charge in [-0.1, -0.05) is 15.9 Å². The highest BCUT2D eigenvalue weighted by molar-refractivity contribution is 14.1. The summed E-state index contributed by atoms with van der Waals surface area (Å²) in [5.41, 5.74) is 0.723. The van der Waals surface area contributed by atoms with Crippen molar-refractivity contribution in [2.75, 3.05) is 21.0 Å². The SMILES string of the molecule is COCOc1ccc(I)cc1C(Br)C(=O)OC. The molecule has 1 aromatic carbocycles. The van der Waals surface area contributed by atoms with Crippen LogP contribution in [0.5, 0.6) is 5.75 Å². The van der Waals surface area contributed by atoms with Gasteiger partial charge in [-0.25, -0.2) is 0 Å². The van der Waals surface area contributed by atoms with E-state index in [-0.39, 0.29) is 12.8 Å². The predicted molar refractivity (Wildman–Crippen MR) is 75.3 cm³/mol. The Kier molecular flexibility index (Phi) is 6.21. The molecule has 1 unspecified atom stereocenters. The van der Waals surface area contributed by atoms with E-state index in [4.69, 9.17) is 14.2 Å². The first kappa shape index (κ1) is 14.7. The minimum absolute atomic E-state index is 0.133. The van der Waals surface area contributed by atoms with Gasteiger partial charge in [0.2, 0.25) is 0 Å². The standard InChI is InChI=1S/C11H12BrIO4/c1-15-6-17-9-4-3-7(13)5-8(9)10(12)11(14)16-2/h3-5,10H,6H2,1-2H3. The van der Waals surface area contributed by atoms with E-state index in [1.54, 1.807) is 6.07 Å². The molecule has 1 atom stereocenters. The Morgan fingerprint density at radius 2 is 2.18 bits per heavy atom. The molecule has 4 nitrogen and oxygen atoms in total. The van der Waals surface area contributed by atoms with Crippen LogP contribution in [-0.4, -0.2) is 27.0 Å². The van der Waals surface area contributed by atoms with Crippen molar-refractivity contribution in [3.05, 3.63) is 27.3 Å². The van der Waals surface area contributed by atoms with Crippen molar-refractivity contribution >= 4 is 44.5 Å². The van der Waals surface area contributed by atoms with Crippen LogP contribution in [0.2, 0.25) is 0 Å². The summed E-state index contributed by atoms with van der Waals surface area (Å²) < 4.78 is 15.9. The summed E-state index contributed by atoms with van der Waals surface area (Å²) in [6.45, 7) is 0.133. The number of methoxy groups -OCH3 is 2. The number of halogens is 2. The van der Waals surface area contributed by atoms with Crippen LogP contribution < -0.4 is 4.74 Å². The maximum absolute atomic E-state index is 11.5. The van der Waals surface area contributed by atoms with Crippen LogP contribution in [0.3, 0.4) is 0 Å². The number of esters is 1. The van der Waals surface area contributed by atoms with Crippen molar-refractivity contribution < 1.29 is 19.0 Å². The molecule has 0 aliphatic heterocycles. The molecule has 0 aliphatic rings. The molecule has 1 aromatic rings. The average molecular weight is 415 g/mol. The van der Waals surface area contributed by atoms with Gasteiger partial charge in [0.15, 0.2) is 6.79 Å². The maximum atomic E-state index is 11.5. The zero-order valence-electron chi connectivity index (χ0n) is 9.41. The molecule has 0 N–H and O–H groups in total. The molecule has 0 bridgehead atoms. The Hall–Kier alpha value is -0.340. The third-order valence-corrected chi connectivity index (χ3v) is 3.52. The first-order chi connectivity index (χ1) is 8.10. The normalized spacial score (nSPS) is 12.0. The Morgan fingerprint density at radius 1 is 1.47 bits per heavy atom. The molecule has 0 heterocycles. The molecule has 0 saturated carbocycles. The Morgan fingerprint density at radius 3 is 2.76 bits per heavy atom. The predicted octanol–water partition coefficient (Wildman–Crippen LogP) is 2.88. The van der Waals surface area contributed by atoms with Gasteiger partial charge < -0.3 is 14.2 Å². The monoisotopic (exact) mass is 414 g/mol. The lowest BCUT2D eigenvalue weighted by Gasteiger charge is -2.14. The molecule has 0 aromatic heterocycles. The number of alkyl halides is 1. The van der Waals surface area contributed by atoms with Crippen LogP contribution in [0.1, 0.15) is 10.4 Å². The van der Waals surface area contributed by atoms with Crippen LogP contribution in [0.4, 0.5) is 0 Å². The van der Waals surface area contributed by atoms with Gasteiger partial charge in [0, 0.05) is 16.2 Å². The fraction of sp³-hybridized carbons (Fsp3) is 0.364. The van der Waals surface area contributed by atoms with Gasteiger partial charge in [0.1, 0.15) is 10.6 Å². The Bertz CT molecular complexity index is 397. The summed E-state index contributed by atoms with van der Waals surface area (Å²) in [6, 6.07) is 5.56. The summed E-state index contributed by atoms with van der Waals surface area (Å²) in [5, 5.41) is 0.